The molecule has 0 aliphatic carbocycles. The molecule has 2 saturated heterocycles. The van der Waals surface area contributed by atoms with E-state index in [1.54, 1.807) is 18.3 Å². The largest absolute Gasteiger partial charge is 0.325 e. The van der Waals surface area contributed by atoms with Crippen LogP contribution in [0.15, 0.2) is 48.7 Å². The van der Waals surface area contributed by atoms with E-state index in [0.29, 0.717) is 12.8 Å². The van der Waals surface area contributed by atoms with E-state index in [9.17, 15) is 14.0 Å². The molecule has 0 unspecified atom stereocenters. The van der Waals surface area contributed by atoms with Crippen LogP contribution in [0.1, 0.15) is 24.1 Å². The van der Waals surface area contributed by atoms with Crippen molar-refractivity contribution in [3.8, 4) is 0 Å². The summed E-state index contributed by atoms with van der Waals surface area (Å²) >= 11 is 0. The zero-order chi connectivity index (χ0) is 20.3. The van der Waals surface area contributed by atoms with Gasteiger partial charge in [0.25, 0.3) is 5.91 Å². The smallest absolute Gasteiger partial charge is 0.322 e. The maximum atomic E-state index is 13.6. The zero-order valence-corrected chi connectivity index (χ0v) is 16.2. The molecule has 152 valence electrons. The molecule has 2 N–H and O–H groups in total. The van der Waals surface area contributed by atoms with E-state index < -0.39 is 5.54 Å². The first kappa shape index (κ1) is 19.5. The van der Waals surface area contributed by atoms with Crippen LogP contribution in [0.2, 0.25) is 0 Å². The Morgan fingerprint density at radius 3 is 2.55 bits per heavy atom. The molecule has 0 saturated carbocycles. The molecular formula is C22H25FN4O2. The molecule has 6 nitrogen and oxygen atoms in total. The second-order valence-corrected chi connectivity index (χ2v) is 7.76. The predicted molar refractivity (Wildman–Crippen MR) is 107 cm³/mol. The Balaban J connectivity index is 1.58. The van der Waals surface area contributed by atoms with Gasteiger partial charge in [-0.05, 0) is 61.7 Å². The average Bonchev–Trinajstić information content (AvgIpc) is 2.99. The molecule has 3 heterocycles. The highest BCUT2D eigenvalue weighted by Gasteiger charge is 2.55. The lowest BCUT2D eigenvalue weighted by molar-refractivity contribution is -0.133. The number of halogens is 1. The van der Waals surface area contributed by atoms with Gasteiger partial charge in [-0.25, -0.2) is 9.18 Å². The number of nitrogens with zero attached hydrogens (tertiary/aromatic N) is 2. The molecule has 2 aliphatic rings. The topological polar surface area (TPSA) is 74.3 Å². The Labute approximate surface area is 169 Å². The van der Waals surface area contributed by atoms with Crippen LogP contribution in [0.4, 0.5) is 9.18 Å². The van der Waals surface area contributed by atoms with E-state index in [-0.39, 0.29) is 30.2 Å². The molecule has 3 amide bonds. The summed E-state index contributed by atoms with van der Waals surface area (Å²) in [5, 5.41) is 6.35. The Kier molecular flexibility index (Phi) is 5.58. The van der Waals surface area contributed by atoms with Gasteiger partial charge in [0.15, 0.2) is 0 Å². The third-order valence-electron chi connectivity index (χ3n) is 5.95. The standard InChI is InChI=1S/C22H25FN4O2/c23-18-6-4-16(5-7-18)15-22(17-8-12-24-13-9-17)20(28)27(21(29)26-22)14-10-19-3-1-2-11-25-19/h1-7,11,17,24H,8-10,12-15H2,(H,26,29)/t22-/m0/s1. The van der Waals surface area contributed by atoms with E-state index in [4.69, 9.17) is 0 Å². The third kappa shape index (κ3) is 4.00. The molecule has 0 spiro atoms. The van der Waals surface area contributed by atoms with Crippen LogP contribution in [0.5, 0.6) is 0 Å². The van der Waals surface area contributed by atoms with E-state index in [2.05, 4.69) is 15.6 Å². The van der Waals surface area contributed by atoms with Crippen molar-refractivity contribution in [3.63, 3.8) is 0 Å². The highest BCUT2D eigenvalue weighted by molar-refractivity contribution is 6.07. The number of carbonyl (C=O) groups is 2. The first-order valence-electron chi connectivity index (χ1n) is 10.1. The Bertz CT molecular complexity index is 868. The third-order valence-corrected chi connectivity index (χ3v) is 5.95. The van der Waals surface area contributed by atoms with Crippen molar-refractivity contribution in [2.75, 3.05) is 19.6 Å². The van der Waals surface area contributed by atoms with Crippen LogP contribution in [0, 0.1) is 11.7 Å². The lowest BCUT2D eigenvalue weighted by Gasteiger charge is -2.38. The zero-order valence-electron chi connectivity index (χ0n) is 16.2. The van der Waals surface area contributed by atoms with Gasteiger partial charge < -0.3 is 10.6 Å². The number of amides is 3. The van der Waals surface area contributed by atoms with Gasteiger partial charge >= 0.3 is 6.03 Å². The molecule has 1 aromatic carbocycles. The Morgan fingerprint density at radius 2 is 1.86 bits per heavy atom. The molecule has 0 radical (unpaired) electrons. The molecular weight excluding hydrogens is 371 g/mol. The first-order chi connectivity index (χ1) is 14.1. The van der Waals surface area contributed by atoms with Gasteiger partial charge in [-0.15, -0.1) is 0 Å². The fraction of sp³-hybridized carbons (Fsp3) is 0.409. The van der Waals surface area contributed by atoms with E-state index in [0.717, 1.165) is 37.2 Å². The summed E-state index contributed by atoms with van der Waals surface area (Å²) in [5.41, 5.74) is 0.692. The highest BCUT2D eigenvalue weighted by atomic mass is 19.1. The number of rotatable bonds is 6. The number of urea groups is 1. The Hall–Kier alpha value is -2.80. The van der Waals surface area contributed by atoms with Crippen LogP contribution < -0.4 is 10.6 Å². The molecule has 29 heavy (non-hydrogen) atoms. The minimum atomic E-state index is -0.985. The maximum Gasteiger partial charge on any atom is 0.325 e. The van der Waals surface area contributed by atoms with Crippen LogP contribution in [0.3, 0.4) is 0 Å². The predicted octanol–water partition coefficient (Wildman–Crippen LogP) is 2.30. The van der Waals surface area contributed by atoms with Gasteiger partial charge in [-0.3, -0.25) is 14.7 Å². The van der Waals surface area contributed by atoms with Gasteiger partial charge in [0.05, 0.1) is 0 Å². The van der Waals surface area contributed by atoms with Crippen molar-refractivity contribution >= 4 is 11.9 Å². The number of nitrogens with one attached hydrogen (secondary N) is 2. The Morgan fingerprint density at radius 1 is 1.10 bits per heavy atom. The molecule has 1 atom stereocenters. The van der Waals surface area contributed by atoms with E-state index in [1.807, 2.05) is 18.2 Å². The summed E-state index contributed by atoms with van der Waals surface area (Å²) < 4.78 is 13.4. The van der Waals surface area contributed by atoms with Crippen molar-refractivity contribution < 1.29 is 14.0 Å². The normalized spacial score (nSPS) is 22.7. The summed E-state index contributed by atoms with van der Waals surface area (Å²) in [7, 11) is 0. The molecule has 0 bridgehead atoms. The van der Waals surface area contributed by atoms with Gasteiger partial charge in [0.1, 0.15) is 11.4 Å². The van der Waals surface area contributed by atoms with Crippen molar-refractivity contribution in [2.24, 2.45) is 5.92 Å². The van der Waals surface area contributed by atoms with Crippen LogP contribution in [-0.2, 0) is 17.6 Å². The summed E-state index contributed by atoms with van der Waals surface area (Å²) in [4.78, 5) is 32.0. The number of aromatic nitrogens is 1. The van der Waals surface area contributed by atoms with Crippen LogP contribution in [-0.4, -0.2) is 47.0 Å². The van der Waals surface area contributed by atoms with Gasteiger partial charge in [0, 0.05) is 31.3 Å². The van der Waals surface area contributed by atoms with Crippen molar-refractivity contribution in [2.45, 2.75) is 31.2 Å². The van der Waals surface area contributed by atoms with E-state index in [1.165, 1.54) is 17.0 Å². The monoisotopic (exact) mass is 396 g/mol. The van der Waals surface area contributed by atoms with Crippen LogP contribution >= 0.6 is 0 Å². The number of imide groups is 1. The molecule has 1 aromatic heterocycles. The quantitative estimate of drug-likeness (QED) is 0.735. The second-order valence-electron chi connectivity index (χ2n) is 7.76. The molecule has 2 fully saturated rings. The van der Waals surface area contributed by atoms with Gasteiger partial charge in [-0.2, -0.15) is 0 Å². The number of benzene rings is 1. The number of hydrogen-bond acceptors (Lipinski definition) is 4. The molecule has 2 aromatic rings. The minimum Gasteiger partial charge on any atom is -0.322 e. The lowest BCUT2D eigenvalue weighted by atomic mass is 9.74. The van der Waals surface area contributed by atoms with Crippen molar-refractivity contribution in [3.05, 3.63) is 65.7 Å². The van der Waals surface area contributed by atoms with Gasteiger partial charge in [-0.1, -0.05) is 18.2 Å². The SMILES string of the molecule is O=C1N[C@@](Cc2ccc(F)cc2)(C2CCNCC2)C(=O)N1CCc1ccccn1. The number of pyridine rings is 1. The minimum absolute atomic E-state index is 0.0325. The fourth-order valence-corrected chi connectivity index (χ4v) is 4.40. The molecule has 4 rings (SSSR count). The number of carbonyl (C=O) groups excluding carboxylic acids is 2. The second kappa shape index (κ2) is 8.29. The summed E-state index contributed by atoms with van der Waals surface area (Å²) in [6.45, 7) is 1.91. The summed E-state index contributed by atoms with van der Waals surface area (Å²) in [6, 6.07) is 11.4. The van der Waals surface area contributed by atoms with Crippen molar-refractivity contribution in [1.82, 2.24) is 20.5 Å². The number of hydrogen-bond donors (Lipinski definition) is 2. The molecule has 2 aliphatic heterocycles. The van der Waals surface area contributed by atoms with Crippen LogP contribution in [0.25, 0.3) is 0 Å². The van der Waals surface area contributed by atoms with Crippen molar-refractivity contribution in [1.29, 1.82) is 0 Å². The molecule has 7 heteroatoms. The lowest BCUT2D eigenvalue weighted by Crippen LogP contribution is -2.57. The maximum absolute atomic E-state index is 13.6. The average molecular weight is 396 g/mol. The summed E-state index contributed by atoms with van der Waals surface area (Å²) in [6.07, 6.45) is 4.19. The van der Waals surface area contributed by atoms with Gasteiger partial charge in [0.2, 0.25) is 0 Å². The summed E-state index contributed by atoms with van der Waals surface area (Å²) in [5.74, 6) is -0.469. The fourth-order valence-electron chi connectivity index (χ4n) is 4.40. The van der Waals surface area contributed by atoms with E-state index >= 15 is 0 Å². The highest BCUT2D eigenvalue weighted by Crippen LogP contribution is 2.35. The first-order valence-corrected chi connectivity index (χ1v) is 10.1. The number of piperidine rings is 1.